The van der Waals surface area contributed by atoms with Gasteiger partial charge < -0.3 is 10.0 Å². The van der Waals surface area contributed by atoms with Crippen molar-refractivity contribution in [2.45, 2.75) is 18.9 Å². The number of nitrogens with zero attached hydrogens (tertiary/aromatic N) is 2. The molecule has 19 heavy (non-hydrogen) atoms. The van der Waals surface area contributed by atoms with Gasteiger partial charge in [0.25, 0.3) is 0 Å². The number of carbonyl (C=O) groups excluding carboxylic acids is 1. The molecule has 0 aliphatic carbocycles. The van der Waals surface area contributed by atoms with E-state index >= 15 is 0 Å². The van der Waals surface area contributed by atoms with Gasteiger partial charge in [-0.05, 0) is 18.6 Å². The average molecular weight is 333 g/mol. The highest BCUT2D eigenvalue weighted by Crippen LogP contribution is 2.38. The van der Waals surface area contributed by atoms with Crippen LogP contribution in [0.2, 0.25) is 0 Å². The standard InChI is InChI=1S/C11H10BrFN2O4/c12-6-3-8(13)11(15(18)19)9(4-6)14-7(5-16)1-2-10(14)17/h3-4,7,16H,1-2,5H2. The van der Waals surface area contributed by atoms with Crippen LogP contribution in [-0.2, 0) is 4.79 Å². The van der Waals surface area contributed by atoms with Gasteiger partial charge in [0.1, 0.15) is 5.69 Å². The number of aliphatic hydroxyl groups excluding tert-OH is 1. The molecule has 8 heteroatoms. The van der Waals surface area contributed by atoms with Crippen molar-refractivity contribution in [2.24, 2.45) is 0 Å². The number of halogens is 2. The second-order valence-corrected chi connectivity index (χ2v) is 5.07. The Morgan fingerprint density at radius 1 is 1.58 bits per heavy atom. The lowest BCUT2D eigenvalue weighted by molar-refractivity contribution is -0.386. The predicted octanol–water partition coefficient (Wildman–Crippen LogP) is 1.98. The van der Waals surface area contributed by atoms with E-state index in [0.717, 1.165) is 11.0 Å². The van der Waals surface area contributed by atoms with E-state index in [2.05, 4.69) is 15.9 Å². The quantitative estimate of drug-likeness (QED) is 0.677. The largest absolute Gasteiger partial charge is 0.394 e. The zero-order valence-corrected chi connectivity index (χ0v) is 11.3. The fourth-order valence-electron chi connectivity index (χ4n) is 2.16. The first kappa shape index (κ1) is 13.9. The van der Waals surface area contributed by atoms with Crippen molar-refractivity contribution < 1.29 is 19.2 Å². The number of benzene rings is 1. The Kier molecular flexibility index (Phi) is 3.81. The molecule has 1 atom stereocenters. The highest BCUT2D eigenvalue weighted by atomic mass is 79.9. The van der Waals surface area contributed by atoms with E-state index in [0.29, 0.717) is 10.9 Å². The third kappa shape index (κ3) is 2.45. The molecule has 1 aromatic rings. The van der Waals surface area contributed by atoms with Gasteiger partial charge in [-0.3, -0.25) is 14.9 Å². The molecule has 6 nitrogen and oxygen atoms in total. The van der Waals surface area contributed by atoms with Crippen molar-refractivity contribution in [3.05, 3.63) is 32.5 Å². The summed E-state index contributed by atoms with van der Waals surface area (Å²) >= 11 is 3.04. The van der Waals surface area contributed by atoms with Gasteiger partial charge in [-0.25, -0.2) is 0 Å². The second-order valence-electron chi connectivity index (χ2n) is 4.15. The fourth-order valence-corrected chi connectivity index (χ4v) is 2.58. The minimum Gasteiger partial charge on any atom is -0.394 e. The zero-order chi connectivity index (χ0) is 14.2. The van der Waals surface area contributed by atoms with Gasteiger partial charge in [0.05, 0.1) is 17.6 Å². The Bertz CT molecular complexity index is 552. The maximum absolute atomic E-state index is 13.7. The van der Waals surface area contributed by atoms with E-state index in [-0.39, 0.29) is 24.6 Å². The van der Waals surface area contributed by atoms with Crippen molar-refractivity contribution in [1.82, 2.24) is 0 Å². The van der Waals surface area contributed by atoms with Gasteiger partial charge in [-0.1, -0.05) is 15.9 Å². The molecule has 2 rings (SSSR count). The maximum Gasteiger partial charge on any atom is 0.328 e. The van der Waals surface area contributed by atoms with Crippen LogP contribution in [0.25, 0.3) is 0 Å². The van der Waals surface area contributed by atoms with E-state index in [9.17, 15) is 24.4 Å². The molecule has 1 aliphatic rings. The van der Waals surface area contributed by atoms with Crippen molar-refractivity contribution in [1.29, 1.82) is 0 Å². The predicted molar refractivity (Wildman–Crippen MR) is 68.3 cm³/mol. The molecule has 1 heterocycles. The number of nitro groups is 1. The normalized spacial score (nSPS) is 19.0. The van der Waals surface area contributed by atoms with Crippen LogP contribution in [0.15, 0.2) is 16.6 Å². The van der Waals surface area contributed by atoms with Gasteiger partial charge >= 0.3 is 5.69 Å². The van der Waals surface area contributed by atoms with Gasteiger partial charge in [0, 0.05) is 10.9 Å². The molecule has 0 radical (unpaired) electrons. The topological polar surface area (TPSA) is 83.7 Å². The van der Waals surface area contributed by atoms with Gasteiger partial charge in [0.2, 0.25) is 11.7 Å². The number of rotatable bonds is 3. The Morgan fingerprint density at radius 2 is 2.26 bits per heavy atom. The third-order valence-electron chi connectivity index (χ3n) is 2.99. The Balaban J connectivity index is 2.60. The first-order valence-corrected chi connectivity index (χ1v) is 6.31. The number of aliphatic hydroxyl groups is 1. The smallest absolute Gasteiger partial charge is 0.328 e. The molecular weight excluding hydrogens is 323 g/mol. The third-order valence-corrected chi connectivity index (χ3v) is 3.44. The molecule has 102 valence electrons. The molecule has 1 saturated heterocycles. The molecule has 0 saturated carbocycles. The summed E-state index contributed by atoms with van der Waals surface area (Å²) in [5.74, 6) is -1.38. The molecule has 1 fully saturated rings. The highest BCUT2D eigenvalue weighted by Gasteiger charge is 2.37. The first-order chi connectivity index (χ1) is 8.95. The van der Waals surface area contributed by atoms with Gasteiger partial charge in [-0.15, -0.1) is 0 Å². The molecule has 1 N–H and O–H groups in total. The minimum absolute atomic E-state index is 0.126. The summed E-state index contributed by atoms with van der Waals surface area (Å²) in [4.78, 5) is 23.0. The van der Waals surface area contributed by atoms with Crippen molar-refractivity contribution >= 4 is 33.2 Å². The zero-order valence-electron chi connectivity index (χ0n) is 9.68. The average Bonchev–Trinajstić information content (AvgIpc) is 2.68. The summed E-state index contributed by atoms with van der Waals surface area (Å²) in [5.41, 5.74) is -0.879. The SMILES string of the molecule is O=C1CCC(CO)N1c1cc(Br)cc(F)c1[N+](=O)[O-]. The van der Waals surface area contributed by atoms with E-state index in [1.165, 1.54) is 6.07 Å². The monoisotopic (exact) mass is 332 g/mol. The van der Waals surface area contributed by atoms with Gasteiger partial charge in [-0.2, -0.15) is 4.39 Å². The lowest BCUT2D eigenvalue weighted by Crippen LogP contribution is -2.36. The lowest BCUT2D eigenvalue weighted by atomic mass is 10.2. The minimum atomic E-state index is -1.02. The molecule has 1 unspecified atom stereocenters. The Hall–Kier alpha value is -1.54. The number of hydrogen-bond acceptors (Lipinski definition) is 4. The molecule has 0 spiro atoms. The number of nitro benzene ring substituents is 1. The fraction of sp³-hybridized carbons (Fsp3) is 0.364. The Labute approximate surface area is 116 Å². The molecule has 1 amide bonds. The van der Waals surface area contributed by atoms with Crippen molar-refractivity contribution in [3.8, 4) is 0 Å². The lowest BCUT2D eigenvalue weighted by Gasteiger charge is -2.23. The number of carbonyl (C=O) groups is 1. The van der Waals surface area contributed by atoms with Crippen LogP contribution >= 0.6 is 15.9 Å². The molecular formula is C11H10BrFN2O4. The van der Waals surface area contributed by atoms with Crippen LogP contribution in [-0.4, -0.2) is 28.6 Å². The van der Waals surface area contributed by atoms with E-state index in [1.54, 1.807) is 0 Å². The summed E-state index contributed by atoms with van der Waals surface area (Å²) in [6.07, 6.45) is 0.567. The van der Waals surface area contributed by atoms with Crippen molar-refractivity contribution in [3.63, 3.8) is 0 Å². The van der Waals surface area contributed by atoms with E-state index in [1.807, 2.05) is 0 Å². The van der Waals surface area contributed by atoms with Gasteiger partial charge in [0.15, 0.2) is 0 Å². The molecule has 1 aliphatic heterocycles. The van der Waals surface area contributed by atoms with Crippen LogP contribution in [0.3, 0.4) is 0 Å². The summed E-state index contributed by atoms with van der Waals surface area (Å²) < 4.78 is 14.0. The second kappa shape index (κ2) is 5.22. The number of anilines is 1. The summed E-state index contributed by atoms with van der Waals surface area (Å²) in [5, 5.41) is 20.2. The maximum atomic E-state index is 13.7. The summed E-state index contributed by atoms with van der Waals surface area (Å²) in [7, 11) is 0. The van der Waals surface area contributed by atoms with Crippen LogP contribution in [0.4, 0.5) is 15.8 Å². The highest BCUT2D eigenvalue weighted by molar-refractivity contribution is 9.10. The summed E-state index contributed by atoms with van der Waals surface area (Å²) in [6, 6.07) is 1.73. The number of amides is 1. The van der Waals surface area contributed by atoms with Crippen molar-refractivity contribution in [2.75, 3.05) is 11.5 Å². The van der Waals surface area contributed by atoms with Crippen LogP contribution in [0.1, 0.15) is 12.8 Å². The summed E-state index contributed by atoms with van der Waals surface area (Å²) in [6.45, 7) is -0.322. The first-order valence-electron chi connectivity index (χ1n) is 5.52. The Morgan fingerprint density at radius 3 is 2.84 bits per heavy atom. The molecule has 0 bridgehead atoms. The van der Waals surface area contributed by atoms with Crippen LogP contribution in [0.5, 0.6) is 0 Å². The van der Waals surface area contributed by atoms with Crippen LogP contribution in [0, 0.1) is 15.9 Å². The van der Waals surface area contributed by atoms with Crippen LogP contribution < -0.4 is 4.90 Å². The molecule has 1 aromatic carbocycles. The molecule has 0 aromatic heterocycles. The number of hydrogen-bond donors (Lipinski definition) is 1. The van der Waals surface area contributed by atoms with E-state index in [4.69, 9.17) is 0 Å². The van der Waals surface area contributed by atoms with E-state index < -0.39 is 22.5 Å².